The van der Waals surface area contributed by atoms with Gasteiger partial charge in [-0.15, -0.1) is 11.8 Å². The number of rotatable bonds is 7. The minimum absolute atomic E-state index is 0.00563. The standard InChI is InChI=1S/C21H26N4O2S/c1-2-17-5-3-4-6-19(17)23-20(26)15-24-11-13-25(14-12-24)21(27)16-28-18-7-9-22-10-8-18/h3-10H,2,11-16H2,1H3,(H,23,26). The van der Waals surface area contributed by atoms with E-state index in [1.807, 2.05) is 41.3 Å². The maximum Gasteiger partial charge on any atom is 0.238 e. The second-order valence-corrected chi connectivity index (χ2v) is 7.74. The van der Waals surface area contributed by atoms with Crippen LogP contribution in [-0.4, -0.2) is 65.1 Å². The van der Waals surface area contributed by atoms with Crippen LogP contribution >= 0.6 is 11.8 Å². The third-order valence-electron chi connectivity index (χ3n) is 4.78. The lowest BCUT2D eigenvalue weighted by atomic mass is 10.1. The maximum atomic E-state index is 12.4. The lowest BCUT2D eigenvalue weighted by molar-refractivity contribution is -0.130. The van der Waals surface area contributed by atoms with Gasteiger partial charge < -0.3 is 10.2 Å². The second-order valence-electron chi connectivity index (χ2n) is 6.69. The maximum absolute atomic E-state index is 12.4. The van der Waals surface area contributed by atoms with Gasteiger partial charge in [0.2, 0.25) is 11.8 Å². The molecule has 1 fully saturated rings. The molecule has 1 saturated heterocycles. The highest BCUT2D eigenvalue weighted by Gasteiger charge is 2.22. The van der Waals surface area contributed by atoms with Crippen LogP contribution < -0.4 is 5.32 Å². The van der Waals surface area contributed by atoms with Gasteiger partial charge >= 0.3 is 0 Å². The Labute approximate surface area is 170 Å². The number of carbonyl (C=O) groups excluding carboxylic acids is 2. The molecule has 0 atom stereocenters. The van der Waals surface area contributed by atoms with Gasteiger partial charge in [-0.25, -0.2) is 0 Å². The van der Waals surface area contributed by atoms with Crippen molar-refractivity contribution < 1.29 is 9.59 Å². The fraction of sp³-hybridized carbons (Fsp3) is 0.381. The Bertz CT molecular complexity index is 792. The molecule has 1 N–H and O–H groups in total. The van der Waals surface area contributed by atoms with Crippen molar-refractivity contribution in [1.82, 2.24) is 14.8 Å². The van der Waals surface area contributed by atoms with E-state index in [1.165, 1.54) is 11.8 Å². The Morgan fingerprint density at radius 3 is 2.50 bits per heavy atom. The number of amides is 2. The summed E-state index contributed by atoms with van der Waals surface area (Å²) in [7, 11) is 0. The van der Waals surface area contributed by atoms with Crippen LogP contribution in [0.5, 0.6) is 0 Å². The van der Waals surface area contributed by atoms with E-state index < -0.39 is 0 Å². The molecule has 1 aliphatic heterocycles. The second kappa shape index (κ2) is 10.2. The van der Waals surface area contributed by atoms with Crippen LogP contribution in [0.1, 0.15) is 12.5 Å². The minimum Gasteiger partial charge on any atom is -0.339 e. The number of aryl methyl sites for hydroxylation is 1. The summed E-state index contributed by atoms with van der Waals surface area (Å²) >= 11 is 1.53. The zero-order valence-electron chi connectivity index (χ0n) is 16.1. The quantitative estimate of drug-likeness (QED) is 0.726. The first-order chi connectivity index (χ1) is 13.7. The van der Waals surface area contributed by atoms with E-state index in [0.717, 1.165) is 22.6 Å². The van der Waals surface area contributed by atoms with E-state index in [-0.39, 0.29) is 11.8 Å². The third-order valence-corrected chi connectivity index (χ3v) is 5.77. The van der Waals surface area contributed by atoms with Crippen molar-refractivity contribution in [1.29, 1.82) is 0 Å². The molecule has 1 aromatic heterocycles. The molecule has 2 amide bonds. The van der Waals surface area contributed by atoms with E-state index >= 15 is 0 Å². The third kappa shape index (κ3) is 5.81. The molecule has 3 rings (SSSR count). The summed E-state index contributed by atoms with van der Waals surface area (Å²) in [5, 5.41) is 3.01. The SMILES string of the molecule is CCc1ccccc1NC(=O)CN1CCN(C(=O)CSc2ccncc2)CC1. The lowest BCUT2D eigenvalue weighted by Crippen LogP contribution is -2.50. The number of aromatic nitrogens is 1. The number of para-hydroxylation sites is 1. The van der Waals surface area contributed by atoms with Gasteiger partial charge in [-0.05, 0) is 30.2 Å². The molecule has 1 aliphatic rings. The van der Waals surface area contributed by atoms with Gasteiger partial charge in [0.05, 0.1) is 12.3 Å². The van der Waals surface area contributed by atoms with Crippen LogP contribution in [0.3, 0.4) is 0 Å². The fourth-order valence-corrected chi connectivity index (χ4v) is 3.96. The summed E-state index contributed by atoms with van der Waals surface area (Å²) in [5.41, 5.74) is 2.02. The fourth-order valence-electron chi connectivity index (χ4n) is 3.17. The molecule has 28 heavy (non-hydrogen) atoms. The predicted molar refractivity (Wildman–Crippen MR) is 112 cm³/mol. The molecule has 0 aliphatic carbocycles. The van der Waals surface area contributed by atoms with E-state index in [2.05, 4.69) is 22.1 Å². The molecule has 0 saturated carbocycles. The topological polar surface area (TPSA) is 65.5 Å². The zero-order valence-corrected chi connectivity index (χ0v) is 17.0. The normalized spacial score (nSPS) is 14.7. The molecule has 148 valence electrons. The Morgan fingerprint density at radius 1 is 1.07 bits per heavy atom. The zero-order chi connectivity index (χ0) is 19.8. The van der Waals surface area contributed by atoms with Gasteiger partial charge in [0.25, 0.3) is 0 Å². The molecule has 0 unspecified atom stereocenters. The van der Waals surface area contributed by atoms with Crippen molar-refractivity contribution in [3.8, 4) is 0 Å². The van der Waals surface area contributed by atoms with Crippen LogP contribution in [0.2, 0.25) is 0 Å². The van der Waals surface area contributed by atoms with E-state index in [9.17, 15) is 9.59 Å². The van der Waals surface area contributed by atoms with Crippen LogP contribution in [0.25, 0.3) is 0 Å². The molecule has 2 aromatic rings. The van der Waals surface area contributed by atoms with Crippen molar-refractivity contribution in [3.63, 3.8) is 0 Å². The van der Waals surface area contributed by atoms with Crippen molar-refractivity contribution >= 4 is 29.3 Å². The molecular weight excluding hydrogens is 372 g/mol. The Hall–Kier alpha value is -2.38. The number of hydrogen-bond acceptors (Lipinski definition) is 5. The first-order valence-corrected chi connectivity index (χ1v) is 10.5. The average Bonchev–Trinajstić information content (AvgIpc) is 2.73. The Morgan fingerprint density at radius 2 is 1.79 bits per heavy atom. The highest BCUT2D eigenvalue weighted by Crippen LogP contribution is 2.18. The van der Waals surface area contributed by atoms with E-state index in [1.54, 1.807) is 12.4 Å². The summed E-state index contributed by atoms with van der Waals surface area (Å²) in [6, 6.07) is 11.7. The van der Waals surface area contributed by atoms with Gasteiger partial charge in [0.1, 0.15) is 0 Å². The number of hydrogen-bond donors (Lipinski definition) is 1. The molecular formula is C21H26N4O2S. The van der Waals surface area contributed by atoms with Crippen molar-refractivity contribution in [2.45, 2.75) is 18.2 Å². The highest BCUT2D eigenvalue weighted by molar-refractivity contribution is 8.00. The lowest BCUT2D eigenvalue weighted by Gasteiger charge is -2.34. The van der Waals surface area contributed by atoms with Crippen LogP contribution in [0.4, 0.5) is 5.69 Å². The molecule has 2 heterocycles. The minimum atomic E-state index is -0.00563. The number of thioether (sulfide) groups is 1. The summed E-state index contributed by atoms with van der Waals surface area (Å²) in [6.07, 6.45) is 4.35. The molecule has 0 bridgehead atoms. The smallest absolute Gasteiger partial charge is 0.238 e. The molecule has 0 spiro atoms. The van der Waals surface area contributed by atoms with Gasteiger partial charge in [-0.1, -0.05) is 25.1 Å². The first-order valence-electron chi connectivity index (χ1n) is 9.56. The first kappa shape index (κ1) is 20.4. The van der Waals surface area contributed by atoms with Crippen LogP contribution in [0.15, 0.2) is 53.7 Å². The van der Waals surface area contributed by atoms with Gasteiger partial charge in [0, 0.05) is 49.2 Å². The molecule has 0 radical (unpaired) electrons. The number of nitrogens with one attached hydrogen (secondary N) is 1. The van der Waals surface area contributed by atoms with E-state index in [4.69, 9.17) is 0 Å². The van der Waals surface area contributed by atoms with Crippen molar-refractivity contribution in [3.05, 3.63) is 54.4 Å². The van der Waals surface area contributed by atoms with Gasteiger partial charge in [-0.3, -0.25) is 19.5 Å². The summed E-state index contributed by atoms with van der Waals surface area (Å²) in [4.78, 5) is 33.8. The summed E-state index contributed by atoms with van der Waals surface area (Å²) in [5.74, 6) is 0.565. The summed E-state index contributed by atoms with van der Waals surface area (Å²) in [6.45, 7) is 5.19. The number of benzene rings is 1. The summed E-state index contributed by atoms with van der Waals surface area (Å²) < 4.78 is 0. The number of piperazine rings is 1. The number of nitrogens with zero attached hydrogens (tertiary/aromatic N) is 3. The van der Waals surface area contributed by atoms with Crippen LogP contribution in [0, 0.1) is 0 Å². The Kier molecular flexibility index (Phi) is 7.45. The van der Waals surface area contributed by atoms with Gasteiger partial charge in [-0.2, -0.15) is 0 Å². The largest absolute Gasteiger partial charge is 0.339 e. The Balaban J connectivity index is 1.41. The number of pyridine rings is 1. The molecule has 6 nitrogen and oxygen atoms in total. The van der Waals surface area contributed by atoms with Crippen molar-refractivity contribution in [2.24, 2.45) is 0 Å². The molecule has 7 heteroatoms. The van der Waals surface area contributed by atoms with Crippen LogP contribution in [-0.2, 0) is 16.0 Å². The monoisotopic (exact) mass is 398 g/mol. The highest BCUT2D eigenvalue weighted by atomic mass is 32.2. The predicted octanol–water partition coefficient (Wildman–Crippen LogP) is 2.52. The average molecular weight is 399 g/mol. The van der Waals surface area contributed by atoms with E-state index in [0.29, 0.717) is 38.5 Å². The number of carbonyl (C=O) groups is 2. The van der Waals surface area contributed by atoms with Gasteiger partial charge in [0.15, 0.2) is 0 Å². The van der Waals surface area contributed by atoms with Crippen molar-refractivity contribution in [2.75, 3.05) is 43.8 Å². The molecule has 1 aromatic carbocycles. The number of anilines is 1.